The first-order valence-corrected chi connectivity index (χ1v) is 8.23. The zero-order chi connectivity index (χ0) is 18.5. The minimum atomic E-state index is -1.31. The molecule has 2 aromatic heterocycles. The predicted octanol–water partition coefficient (Wildman–Crippen LogP) is -1.92. The van der Waals surface area contributed by atoms with Gasteiger partial charge in [-0.15, -0.1) is 0 Å². The van der Waals surface area contributed by atoms with Gasteiger partial charge in [0.15, 0.2) is 0 Å². The summed E-state index contributed by atoms with van der Waals surface area (Å²) in [7, 11) is 0. The van der Waals surface area contributed by atoms with Crippen molar-refractivity contribution in [3.05, 3.63) is 60.9 Å². The maximum absolute atomic E-state index is 10.4. The summed E-state index contributed by atoms with van der Waals surface area (Å²) in [6.45, 7) is 0. The van der Waals surface area contributed by atoms with Gasteiger partial charge >= 0.3 is 16.8 Å². The van der Waals surface area contributed by atoms with Crippen LogP contribution in [0.2, 0.25) is 0 Å². The number of nitrogens with zero attached hydrogens (tertiary/aromatic N) is 2. The van der Waals surface area contributed by atoms with E-state index in [1.54, 1.807) is 24.5 Å². The summed E-state index contributed by atoms with van der Waals surface area (Å²) in [6.07, 6.45) is 7.36. The van der Waals surface area contributed by atoms with Gasteiger partial charge in [-0.1, -0.05) is 36.4 Å². The SMILES string of the molecule is O=C([O-])[C@H]1CC=CC[C@H]1C(=O)[O-].[Co+2].[OH3+].[OH3+].[OH3+].c1cnc2c(c1)ccc1cccnc12. The van der Waals surface area contributed by atoms with E-state index in [-0.39, 0.29) is 46.0 Å². The van der Waals surface area contributed by atoms with E-state index in [1.807, 2.05) is 12.1 Å². The third-order valence-corrected chi connectivity index (χ3v) is 4.38. The Balaban J connectivity index is 0. The summed E-state index contributed by atoms with van der Waals surface area (Å²) < 4.78 is 0. The first-order chi connectivity index (χ1) is 12.6. The second-order valence-electron chi connectivity index (χ2n) is 6.01. The number of rotatable bonds is 2. The van der Waals surface area contributed by atoms with Crippen molar-refractivity contribution in [2.75, 3.05) is 0 Å². The average Bonchev–Trinajstić information content (AvgIpc) is 2.68. The number of aromatic nitrogens is 2. The maximum Gasteiger partial charge on any atom is 2.00 e. The number of pyridine rings is 2. The number of hydrogen-bond donors (Lipinski definition) is 0. The summed E-state index contributed by atoms with van der Waals surface area (Å²) >= 11 is 0. The molecule has 0 unspecified atom stereocenters. The molecular weight excluding hydrogens is 439 g/mol. The minimum Gasteiger partial charge on any atom is -0.550 e. The molecule has 1 aliphatic carbocycles. The molecule has 1 radical (unpaired) electrons. The van der Waals surface area contributed by atoms with Gasteiger partial charge in [-0.2, -0.15) is 0 Å². The molecule has 1 aromatic carbocycles. The fourth-order valence-electron chi connectivity index (χ4n) is 3.01. The molecule has 0 amide bonds. The van der Waals surface area contributed by atoms with E-state index < -0.39 is 23.8 Å². The minimum absolute atomic E-state index is 0. The number of benzene rings is 1. The Labute approximate surface area is 182 Å². The molecule has 9 nitrogen and oxygen atoms in total. The summed E-state index contributed by atoms with van der Waals surface area (Å²) in [6, 6.07) is 12.1. The first-order valence-electron chi connectivity index (χ1n) is 8.23. The van der Waals surface area contributed by atoms with Crippen LogP contribution in [-0.2, 0) is 42.8 Å². The third-order valence-electron chi connectivity index (χ3n) is 4.38. The van der Waals surface area contributed by atoms with Crippen molar-refractivity contribution in [2.45, 2.75) is 12.8 Å². The van der Waals surface area contributed by atoms with Crippen LogP contribution in [0.1, 0.15) is 12.8 Å². The molecule has 0 saturated heterocycles. The van der Waals surface area contributed by atoms with Crippen LogP contribution in [0, 0.1) is 11.8 Å². The summed E-state index contributed by atoms with van der Waals surface area (Å²) in [5, 5.41) is 23.1. The summed E-state index contributed by atoms with van der Waals surface area (Å²) in [5.74, 6) is -4.48. The molecule has 163 valence electrons. The van der Waals surface area contributed by atoms with Crippen LogP contribution >= 0.6 is 0 Å². The van der Waals surface area contributed by atoms with Crippen LogP contribution in [0.15, 0.2) is 60.9 Å². The van der Waals surface area contributed by atoms with E-state index in [9.17, 15) is 19.8 Å². The van der Waals surface area contributed by atoms with Crippen molar-refractivity contribution < 1.29 is 53.0 Å². The fourth-order valence-corrected chi connectivity index (χ4v) is 3.01. The first kappa shape index (κ1) is 29.3. The number of fused-ring (bicyclic) bond motifs is 3. The smallest absolute Gasteiger partial charge is 0.550 e. The normalized spacial score (nSPS) is 16.4. The molecule has 30 heavy (non-hydrogen) atoms. The van der Waals surface area contributed by atoms with Crippen LogP contribution in [0.3, 0.4) is 0 Å². The Hall–Kier alpha value is -2.89. The number of hydrogen-bond acceptors (Lipinski definition) is 6. The number of carbonyl (C=O) groups excluding carboxylic acids is 2. The van der Waals surface area contributed by atoms with Crippen molar-refractivity contribution in [3.8, 4) is 0 Å². The Morgan fingerprint density at radius 1 is 0.733 bits per heavy atom. The number of carboxylic acids is 2. The molecule has 0 fully saturated rings. The van der Waals surface area contributed by atoms with Gasteiger partial charge in [0.1, 0.15) is 0 Å². The quantitative estimate of drug-likeness (QED) is 0.240. The molecule has 0 aliphatic heterocycles. The van der Waals surface area contributed by atoms with Gasteiger partial charge in [0.2, 0.25) is 0 Å². The van der Waals surface area contributed by atoms with Crippen molar-refractivity contribution in [3.63, 3.8) is 0 Å². The van der Waals surface area contributed by atoms with E-state index in [1.165, 1.54) is 0 Å². The summed E-state index contributed by atoms with van der Waals surface area (Å²) in [5.41, 5.74) is 1.95. The second-order valence-corrected chi connectivity index (χ2v) is 6.01. The molecule has 2 atom stereocenters. The number of allylic oxidation sites excluding steroid dienone is 2. The van der Waals surface area contributed by atoms with Gasteiger partial charge in [0.05, 0.1) is 11.0 Å². The molecule has 1 aliphatic rings. The summed E-state index contributed by atoms with van der Waals surface area (Å²) in [4.78, 5) is 29.6. The van der Waals surface area contributed by atoms with Crippen molar-refractivity contribution in [2.24, 2.45) is 11.8 Å². The number of carboxylic acid groups (broad SMARTS) is 2. The Morgan fingerprint density at radius 2 is 1.10 bits per heavy atom. The largest absolute Gasteiger partial charge is 2.00 e. The van der Waals surface area contributed by atoms with Crippen molar-refractivity contribution in [1.82, 2.24) is 9.97 Å². The van der Waals surface area contributed by atoms with E-state index >= 15 is 0 Å². The maximum atomic E-state index is 10.4. The number of aliphatic carboxylic acids is 2. The van der Waals surface area contributed by atoms with E-state index in [2.05, 4.69) is 34.2 Å². The molecule has 10 heteroatoms. The van der Waals surface area contributed by atoms with Crippen LogP contribution in [0.5, 0.6) is 0 Å². The Bertz CT molecular complexity index is 918. The Kier molecular flexibility index (Phi) is 13.0. The second kappa shape index (κ2) is 13.4. The van der Waals surface area contributed by atoms with Crippen molar-refractivity contribution in [1.29, 1.82) is 0 Å². The molecule has 0 bridgehead atoms. The van der Waals surface area contributed by atoms with Crippen LogP contribution in [-0.4, -0.2) is 21.9 Å². The van der Waals surface area contributed by atoms with Crippen LogP contribution < -0.4 is 10.2 Å². The number of carbonyl (C=O) groups is 2. The van der Waals surface area contributed by atoms with E-state index in [0.29, 0.717) is 0 Å². The molecule has 2 heterocycles. The van der Waals surface area contributed by atoms with Gasteiger partial charge in [0, 0.05) is 46.9 Å². The van der Waals surface area contributed by atoms with Crippen LogP contribution in [0.25, 0.3) is 21.8 Å². The molecule has 0 saturated carbocycles. The standard InChI is InChI=1S/C12H8N2.C8H10O4.Co.3H2O/c1-3-9-5-6-10-4-2-8-14-12(10)11(9)13-7-1;9-7(10)5-3-1-2-4-6(5)8(11)12;;;;/h1-8H;1-2,5-6H,3-4H2,(H,9,10)(H,11,12);;3*1H2/q;;+2;;;/p+1/t;5-,6+;;;;. The molecular formula is C20H25CoN2O7+3. The van der Waals surface area contributed by atoms with E-state index in [4.69, 9.17) is 0 Å². The zero-order valence-corrected chi connectivity index (χ0v) is 17.0. The molecule has 4 rings (SSSR count). The van der Waals surface area contributed by atoms with Crippen molar-refractivity contribution >= 4 is 33.7 Å². The molecule has 0 spiro atoms. The van der Waals surface area contributed by atoms with Gasteiger partial charge in [0.25, 0.3) is 0 Å². The third kappa shape index (κ3) is 6.57. The molecule has 3 aromatic rings. The van der Waals surface area contributed by atoms with Crippen LogP contribution in [0.4, 0.5) is 0 Å². The van der Waals surface area contributed by atoms with Gasteiger partial charge in [-0.3, -0.25) is 9.97 Å². The Morgan fingerprint density at radius 3 is 1.43 bits per heavy atom. The average molecular weight is 464 g/mol. The topological polar surface area (TPSA) is 205 Å². The van der Waals surface area contributed by atoms with Gasteiger partial charge < -0.3 is 36.2 Å². The van der Waals surface area contributed by atoms with E-state index in [0.717, 1.165) is 21.8 Å². The monoisotopic (exact) mass is 464 g/mol. The van der Waals surface area contributed by atoms with Gasteiger partial charge in [-0.05, 0) is 25.0 Å². The zero-order valence-electron chi connectivity index (χ0n) is 15.9. The molecule has 9 N–H and O–H groups in total. The fraction of sp³-hybridized carbons (Fsp3) is 0.200. The van der Waals surface area contributed by atoms with Gasteiger partial charge in [-0.25, -0.2) is 0 Å². The predicted molar refractivity (Wildman–Crippen MR) is 107 cm³/mol.